The lowest BCUT2D eigenvalue weighted by Crippen LogP contribution is -2.58. The summed E-state index contributed by atoms with van der Waals surface area (Å²) in [6, 6.07) is 17.3. The number of carboxylic acid groups (broad SMARTS) is 1. The lowest BCUT2D eigenvalue weighted by molar-refractivity contribution is -0.141. The van der Waals surface area contributed by atoms with Gasteiger partial charge in [0.05, 0.1) is 20.8 Å². The van der Waals surface area contributed by atoms with E-state index < -0.39 is 5.60 Å². The molecule has 0 atom stereocenters. The zero-order chi connectivity index (χ0) is 39.0. The second-order valence-corrected chi connectivity index (χ2v) is 13.2. The number of methoxy groups -OCH3 is 2. The highest BCUT2D eigenvalue weighted by molar-refractivity contribution is 5.95. The number of nitrogens with zero attached hydrogens (tertiary/aromatic N) is 3. The minimum atomic E-state index is -1.25. The average molecular weight is 757 g/mol. The Balaban J connectivity index is 0.00000166. The minimum Gasteiger partial charge on any atom is -0.493 e. The molecule has 3 amide bonds. The number of nitrogens with one attached hydrogen (secondary N) is 3. The Morgan fingerprint density at radius 3 is 2.31 bits per heavy atom. The van der Waals surface area contributed by atoms with Crippen molar-refractivity contribution in [2.45, 2.75) is 38.0 Å². The molecule has 0 saturated carbocycles. The summed E-state index contributed by atoms with van der Waals surface area (Å²) in [6.45, 7) is 2.60. The number of carbonyl (C=O) groups excluding carboxylic acids is 3. The number of hydrogen-bond donors (Lipinski definition) is 4. The van der Waals surface area contributed by atoms with Crippen LogP contribution in [0.2, 0.25) is 0 Å². The molecule has 1 fully saturated rings. The van der Waals surface area contributed by atoms with Gasteiger partial charge in [-0.3, -0.25) is 24.3 Å². The molecule has 4 aromatic rings. The maximum atomic E-state index is 14.1. The van der Waals surface area contributed by atoms with Crippen molar-refractivity contribution in [3.63, 3.8) is 0 Å². The summed E-state index contributed by atoms with van der Waals surface area (Å²) in [7, 11) is 5.06. The molecule has 8 aliphatic rings. The van der Waals surface area contributed by atoms with Crippen LogP contribution in [0.25, 0.3) is 0 Å². The molecule has 12 rings (SSSR count). The molecule has 0 unspecified atom stereocenters. The summed E-state index contributed by atoms with van der Waals surface area (Å²) in [6.07, 6.45) is 1.35. The highest BCUT2D eigenvalue weighted by Crippen LogP contribution is 2.38. The van der Waals surface area contributed by atoms with Gasteiger partial charge in [0.2, 0.25) is 0 Å². The maximum absolute atomic E-state index is 14.1. The SMILES string of the molecule is COc1cc2ccc1Oc1ccc(cc1OC)C(=O)NCCOc1ccc(cc1)OC1(CCN(C(=O)c3n[nH]c4c3CN(C)CC4)CC1)C(=O)NC2.O=CO. The van der Waals surface area contributed by atoms with Crippen molar-refractivity contribution in [1.29, 1.82) is 0 Å². The second-order valence-electron chi connectivity index (χ2n) is 13.2. The van der Waals surface area contributed by atoms with Crippen LogP contribution in [0.1, 0.15) is 50.5 Å². The van der Waals surface area contributed by atoms with Crippen molar-refractivity contribution >= 4 is 24.2 Å². The smallest absolute Gasteiger partial charge is 0.290 e. The molecule has 55 heavy (non-hydrogen) atoms. The van der Waals surface area contributed by atoms with Crippen LogP contribution >= 0.6 is 0 Å². The quantitative estimate of drug-likeness (QED) is 0.223. The summed E-state index contributed by atoms with van der Waals surface area (Å²) in [5.74, 6) is 1.96. The molecule has 0 radical (unpaired) electrons. The van der Waals surface area contributed by atoms with Gasteiger partial charge in [-0.2, -0.15) is 5.10 Å². The lowest BCUT2D eigenvalue weighted by Gasteiger charge is -2.40. The number of benzene rings is 3. The molecular formula is C39H44N6O10. The largest absolute Gasteiger partial charge is 0.493 e. The molecule has 290 valence electrons. The van der Waals surface area contributed by atoms with Gasteiger partial charge in [-0.25, -0.2) is 0 Å². The van der Waals surface area contributed by atoms with Crippen LogP contribution in [-0.4, -0.2) is 109 Å². The van der Waals surface area contributed by atoms with E-state index in [-0.39, 0.29) is 56.7 Å². The highest BCUT2D eigenvalue weighted by Gasteiger charge is 2.45. The van der Waals surface area contributed by atoms with Gasteiger partial charge in [-0.05, 0) is 67.2 Å². The average Bonchev–Trinajstić information content (AvgIpc) is 3.62. The first-order valence-corrected chi connectivity index (χ1v) is 17.8. The fraction of sp³-hybridized carbons (Fsp3) is 0.359. The third kappa shape index (κ3) is 8.75. The number of ether oxygens (including phenoxy) is 5. The molecule has 8 aliphatic heterocycles. The normalized spacial score (nSPS) is 17.0. The van der Waals surface area contributed by atoms with Crippen molar-refractivity contribution in [2.24, 2.45) is 0 Å². The van der Waals surface area contributed by atoms with Gasteiger partial charge in [0.25, 0.3) is 24.2 Å². The number of rotatable bonds is 3. The van der Waals surface area contributed by atoms with Crippen molar-refractivity contribution in [1.82, 2.24) is 30.6 Å². The van der Waals surface area contributed by atoms with Crippen molar-refractivity contribution in [3.05, 3.63) is 88.7 Å². The third-order valence-electron chi connectivity index (χ3n) is 9.72. The Labute approximate surface area is 317 Å². The van der Waals surface area contributed by atoms with Crippen LogP contribution in [0, 0.1) is 0 Å². The van der Waals surface area contributed by atoms with Crippen LogP contribution in [0.15, 0.2) is 60.7 Å². The molecule has 16 nitrogen and oxygen atoms in total. The van der Waals surface area contributed by atoms with Gasteiger partial charge >= 0.3 is 0 Å². The molecule has 16 heteroatoms. The second kappa shape index (κ2) is 17.2. The number of piperidine rings is 1. The molecule has 3 aromatic carbocycles. The molecule has 9 heterocycles. The summed E-state index contributed by atoms with van der Waals surface area (Å²) >= 11 is 0. The highest BCUT2D eigenvalue weighted by atomic mass is 16.5. The third-order valence-corrected chi connectivity index (χ3v) is 9.72. The molecule has 1 spiro atoms. The van der Waals surface area contributed by atoms with Gasteiger partial charge in [0.15, 0.2) is 34.3 Å². The number of aromatic nitrogens is 2. The van der Waals surface area contributed by atoms with E-state index in [4.69, 9.17) is 33.6 Å². The van der Waals surface area contributed by atoms with Gasteiger partial charge < -0.3 is 49.2 Å². The van der Waals surface area contributed by atoms with Crippen LogP contribution in [0.4, 0.5) is 0 Å². The van der Waals surface area contributed by atoms with E-state index in [9.17, 15) is 14.4 Å². The van der Waals surface area contributed by atoms with E-state index in [0.29, 0.717) is 65.4 Å². The Hall–Kier alpha value is -6.29. The number of aromatic amines is 1. The number of H-pyrrole nitrogens is 1. The van der Waals surface area contributed by atoms with Gasteiger partial charge in [0.1, 0.15) is 18.1 Å². The number of fused-ring (bicyclic) bond motifs is 1. The number of amides is 3. The summed E-state index contributed by atoms with van der Waals surface area (Å²) in [4.78, 5) is 53.0. The fourth-order valence-electron chi connectivity index (χ4n) is 6.73. The van der Waals surface area contributed by atoms with E-state index in [0.717, 1.165) is 29.8 Å². The first kappa shape index (κ1) is 38.4. The first-order valence-electron chi connectivity index (χ1n) is 17.8. The topological polar surface area (TPSA) is 194 Å². The maximum Gasteiger partial charge on any atom is 0.290 e. The summed E-state index contributed by atoms with van der Waals surface area (Å²) in [5.41, 5.74) is 2.30. The number of carbonyl (C=O) groups is 4. The monoisotopic (exact) mass is 756 g/mol. The Morgan fingerprint density at radius 2 is 1.60 bits per heavy atom. The zero-order valence-corrected chi connectivity index (χ0v) is 30.9. The van der Waals surface area contributed by atoms with Crippen LogP contribution in [-0.2, 0) is 29.1 Å². The Kier molecular flexibility index (Phi) is 12.0. The van der Waals surface area contributed by atoms with Crippen molar-refractivity contribution in [2.75, 3.05) is 54.1 Å². The molecule has 6 bridgehead atoms. The van der Waals surface area contributed by atoms with E-state index in [1.54, 1.807) is 59.5 Å². The van der Waals surface area contributed by atoms with Gasteiger partial charge in [-0.15, -0.1) is 0 Å². The van der Waals surface area contributed by atoms with Gasteiger partial charge in [-0.1, -0.05) is 6.07 Å². The van der Waals surface area contributed by atoms with E-state index >= 15 is 0 Å². The molecule has 1 aromatic heterocycles. The molecule has 4 N–H and O–H groups in total. The van der Waals surface area contributed by atoms with Crippen LogP contribution in [0.5, 0.6) is 34.5 Å². The van der Waals surface area contributed by atoms with E-state index in [2.05, 4.69) is 25.7 Å². The van der Waals surface area contributed by atoms with E-state index in [1.807, 2.05) is 13.1 Å². The van der Waals surface area contributed by atoms with Crippen LogP contribution in [0.3, 0.4) is 0 Å². The Bertz CT molecular complexity index is 2010. The van der Waals surface area contributed by atoms with E-state index in [1.165, 1.54) is 14.2 Å². The number of likely N-dealkylation sites (N-methyl/N-ethyl adjacent to an activating group) is 1. The number of likely N-dealkylation sites (tertiary alicyclic amines) is 1. The zero-order valence-electron chi connectivity index (χ0n) is 30.9. The van der Waals surface area contributed by atoms with Crippen molar-refractivity contribution < 1.29 is 48.0 Å². The van der Waals surface area contributed by atoms with Crippen LogP contribution < -0.4 is 34.3 Å². The predicted molar refractivity (Wildman–Crippen MR) is 198 cm³/mol. The summed E-state index contributed by atoms with van der Waals surface area (Å²) in [5, 5.41) is 20.3. The lowest BCUT2D eigenvalue weighted by atomic mass is 9.89. The number of hydrogen-bond acceptors (Lipinski definition) is 11. The molecule has 0 aliphatic carbocycles. The standard InChI is InChI=1S/C38H42N6O8.CH2O2/c1-43-16-12-29-28(23-43)34(42-41-29)36(46)44-17-13-38(14-18-44)37(47)40-22-24-4-10-30(32(20-24)48-2)51-31-11-5-25(21-33(31)49-3)35(45)39-15-19-50-26-6-8-27(52-38)9-7-26;2-1-3/h4-11,20-21H,12-19,22-23H2,1-3H3,(H,39,45)(H,40,47)(H,41,42);1H,(H,2,3). The van der Waals surface area contributed by atoms with Gasteiger partial charge in [0, 0.05) is 68.8 Å². The molecular weight excluding hydrogens is 712 g/mol. The fourth-order valence-corrected chi connectivity index (χ4v) is 6.73. The first-order chi connectivity index (χ1) is 26.7. The molecule has 1 saturated heterocycles. The van der Waals surface area contributed by atoms with Crippen molar-refractivity contribution in [3.8, 4) is 34.5 Å². The Morgan fingerprint density at radius 1 is 0.927 bits per heavy atom. The predicted octanol–water partition coefficient (Wildman–Crippen LogP) is 3.40. The summed E-state index contributed by atoms with van der Waals surface area (Å²) < 4.78 is 29.7. The minimum absolute atomic E-state index is 0.155.